The van der Waals surface area contributed by atoms with Gasteiger partial charge in [0.05, 0.1) is 19.3 Å². The summed E-state index contributed by atoms with van der Waals surface area (Å²) in [5.41, 5.74) is 1.16. The first-order chi connectivity index (χ1) is 11.8. The van der Waals surface area contributed by atoms with Crippen LogP contribution >= 0.6 is 12.6 Å². The van der Waals surface area contributed by atoms with Crippen molar-refractivity contribution in [1.29, 1.82) is 0 Å². The van der Waals surface area contributed by atoms with E-state index >= 15 is 0 Å². The van der Waals surface area contributed by atoms with Gasteiger partial charge in [-0.2, -0.15) is 12.6 Å². The van der Waals surface area contributed by atoms with Crippen molar-refractivity contribution in [3.8, 4) is 0 Å². The second kappa shape index (κ2) is 10.4. The number of hydrogen-bond acceptors (Lipinski definition) is 5. The van der Waals surface area contributed by atoms with Crippen molar-refractivity contribution in [2.75, 3.05) is 13.2 Å². The number of carbonyl (C=O) groups is 2. The molecule has 0 fully saturated rings. The molecular weight excluding hydrogens is 340 g/mol. The number of nitrogens with one attached hydrogen (secondary N) is 2. The molecule has 0 aliphatic heterocycles. The third kappa shape index (κ3) is 7.90. The van der Waals surface area contributed by atoms with Gasteiger partial charge in [0.2, 0.25) is 11.8 Å². The molecule has 7 heteroatoms. The molecule has 0 saturated carbocycles. The van der Waals surface area contributed by atoms with Gasteiger partial charge >= 0.3 is 0 Å². The normalized spacial score (nSPS) is 12.7. The Morgan fingerprint density at radius 1 is 1.12 bits per heavy atom. The van der Waals surface area contributed by atoms with E-state index in [1.165, 1.54) is 0 Å². The zero-order valence-corrected chi connectivity index (χ0v) is 15.6. The van der Waals surface area contributed by atoms with Crippen LogP contribution in [0.2, 0.25) is 0 Å². The minimum absolute atomic E-state index is 0.234. The fourth-order valence-electron chi connectivity index (χ4n) is 2.33. The molecule has 1 aromatic rings. The first-order valence-corrected chi connectivity index (χ1v) is 8.80. The molecular formula is C18H28N2O4S. The highest BCUT2D eigenvalue weighted by molar-refractivity contribution is 7.81. The summed E-state index contributed by atoms with van der Waals surface area (Å²) < 4.78 is -0.797. The molecule has 1 atom stereocenters. The molecule has 0 heterocycles. The van der Waals surface area contributed by atoms with Crippen molar-refractivity contribution in [1.82, 2.24) is 10.6 Å². The second-order valence-electron chi connectivity index (χ2n) is 6.56. The molecule has 0 unspecified atom stereocenters. The number of aliphatic hydroxyl groups is 2. The first-order valence-electron chi connectivity index (χ1n) is 8.35. The zero-order valence-electron chi connectivity index (χ0n) is 14.7. The smallest absolute Gasteiger partial charge is 0.244 e. The molecule has 25 heavy (non-hydrogen) atoms. The van der Waals surface area contributed by atoms with E-state index < -0.39 is 22.7 Å². The maximum Gasteiger partial charge on any atom is 0.244 e. The van der Waals surface area contributed by atoms with Gasteiger partial charge in [0.1, 0.15) is 6.04 Å². The predicted molar refractivity (Wildman–Crippen MR) is 100 cm³/mol. The van der Waals surface area contributed by atoms with Gasteiger partial charge in [0.25, 0.3) is 0 Å². The van der Waals surface area contributed by atoms with Crippen LogP contribution in [0.25, 0.3) is 0 Å². The Kier molecular flexibility index (Phi) is 8.96. The van der Waals surface area contributed by atoms with Crippen molar-refractivity contribution in [3.63, 3.8) is 0 Å². The summed E-state index contributed by atoms with van der Waals surface area (Å²) in [4.78, 5) is 24.5. The average molecular weight is 368 g/mol. The van der Waals surface area contributed by atoms with E-state index in [-0.39, 0.29) is 19.1 Å². The summed E-state index contributed by atoms with van der Waals surface area (Å²) in [6.45, 7) is 2.68. The molecule has 1 rings (SSSR count). The first kappa shape index (κ1) is 21.5. The highest BCUT2D eigenvalue weighted by Gasteiger charge is 2.34. The van der Waals surface area contributed by atoms with Gasteiger partial charge in [-0.3, -0.25) is 9.59 Å². The monoisotopic (exact) mass is 368 g/mol. The zero-order chi connectivity index (χ0) is 18.9. The number of hydrogen-bond donors (Lipinski definition) is 5. The summed E-state index contributed by atoms with van der Waals surface area (Å²) in [5, 5.41) is 23.4. The van der Waals surface area contributed by atoms with Crippen molar-refractivity contribution < 1.29 is 19.8 Å². The van der Waals surface area contributed by atoms with Crippen LogP contribution in [0.15, 0.2) is 30.3 Å². The number of thiol groups is 1. The Morgan fingerprint density at radius 3 is 2.24 bits per heavy atom. The molecule has 0 aliphatic rings. The summed E-state index contributed by atoms with van der Waals surface area (Å²) in [6, 6.07) is 8.24. The van der Waals surface area contributed by atoms with E-state index in [0.717, 1.165) is 12.0 Å². The van der Waals surface area contributed by atoms with Crippen molar-refractivity contribution >= 4 is 24.4 Å². The fourth-order valence-corrected chi connectivity index (χ4v) is 2.51. The van der Waals surface area contributed by atoms with Crippen LogP contribution < -0.4 is 10.6 Å². The van der Waals surface area contributed by atoms with Crippen molar-refractivity contribution in [2.24, 2.45) is 0 Å². The lowest BCUT2D eigenvalue weighted by Crippen LogP contribution is -2.58. The van der Waals surface area contributed by atoms with Crippen molar-refractivity contribution in [3.05, 3.63) is 35.9 Å². The summed E-state index contributed by atoms with van der Waals surface area (Å²) >= 11 is 4.39. The highest BCUT2D eigenvalue weighted by Crippen LogP contribution is 2.18. The van der Waals surface area contributed by atoms with Crippen molar-refractivity contribution in [2.45, 2.75) is 49.9 Å². The van der Waals surface area contributed by atoms with Crippen LogP contribution in [0.3, 0.4) is 0 Å². The quantitative estimate of drug-likeness (QED) is 0.392. The van der Waals surface area contributed by atoms with E-state index in [4.69, 9.17) is 10.2 Å². The third-order valence-electron chi connectivity index (χ3n) is 3.77. The molecule has 1 aromatic carbocycles. The Hall–Kier alpha value is -1.57. The Balaban J connectivity index is 2.56. The molecule has 0 radical (unpaired) electrons. The predicted octanol–water partition coefficient (Wildman–Crippen LogP) is 0.672. The van der Waals surface area contributed by atoms with Gasteiger partial charge in [0.15, 0.2) is 0 Å². The van der Waals surface area contributed by atoms with Gasteiger partial charge in [-0.05, 0) is 32.3 Å². The van der Waals surface area contributed by atoms with Crippen LogP contribution in [-0.2, 0) is 16.0 Å². The number of rotatable bonds is 10. The van der Waals surface area contributed by atoms with Crippen LogP contribution in [0.5, 0.6) is 0 Å². The fraction of sp³-hybridized carbons (Fsp3) is 0.556. The van der Waals surface area contributed by atoms with Gasteiger partial charge in [-0.25, -0.2) is 0 Å². The largest absolute Gasteiger partial charge is 0.394 e. The van der Waals surface area contributed by atoms with Gasteiger partial charge in [0, 0.05) is 11.2 Å². The topological polar surface area (TPSA) is 98.7 Å². The summed E-state index contributed by atoms with van der Waals surface area (Å²) in [6.07, 6.45) is 1.76. The van der Waals surface area contributed by atoms with Gasteiger partial charge in [-0.15, -0.1) is 0 Å². The lowest BCUT2D eigenvalue weighted by Gasteiger charge is -2.30. The summed E-state index contributed by atoms with van der Waals surface area (Å²) in [5.74, 6) is -0.715. The van der Waals surface area contributed by atoms with Crippen LogP contribution in [0.1, 0.15) is 32.3 Å². The minimum Gasteiger partial charge on any atom is -0.394 e. The molecule has 140 valence electrons. The molecule has 0 bridgehead atoms. The summed E-state index contributed by atoms with van der Waals surface area (Å²) in [7, 11) is 0. The lowest BCUT2D eigenvalue weighted by molar-refractivity contribution is -0.130. The lowest BCUT2D eigenvalue weighted by atomic mass is 10.0. The molecule has 0 aliphatic carbocycles. The average Bonchev–Trinajstić information content (AvgIpc) is 2.57. The van der Waals surface area contributed by atoms with E-state index in [0.29, 0.717) is 12.8 Å². The highest BCUT2D eigenvalue weighted by atomic mass is 32.1. The molecule has 4 N–H and O–H groups in total. The van der Waals surface area contributed by atoms with E-state index in [2.05, 4.69) is 23.3 Å². The van der Waals surface area contributed by atoms with E-state index in [1.54, 1.807) is 13.8 Å². The standard InChI is InChI=1S/C18H28N2O4S/c1-18(2,25)16(17(24)19-14(11-21)12-22)20-15(23)10-6-9-13-7-4-3-5-8-13/h3-5,7-8,14,16,21-22,25H,6,9-12H2,1-2H3,(H,19,24)(H,20,23)/t16-/m1/s1. The molecule has 0 aromatic heterocycles. The van der Waals surface area contributed by atoms with Crippen LogP contribution in [0.4, 0.5) is 0 Å². The molecule has 0 spiro atoms. The number of amides is 2. The Morgan fingerprint density at radius 2 is 1.72 bits per heavy atom. The third-order valence-corrected chi connectivity index (χ3v) is 4.03. The Bertz CT molecular complexity index is 542. The van der Waals surface area contributed by atoms with Gasteiger partial charge < -0.3 is 20.8 Å². The number of carbonyl (C=O) groups excluding carboxylic acids is 2. The molecule has 6 nitrogen and oxygen atoms in total. The number of aliphatic hydroxyl groups excluding tert-OH is 2. The Labute approximate surface area is 154 Å². The van der Waals surface area contributed by atoms with E-state index in [9.17, 15) is 9.59 Å². The molecule has 2 amide bonds. The van der Waals surface area contributed by atoms with Crippen LogP contribution in [-0.4, -0.2) is 52.1 Å². The number of benzene rings is 1. The number of aryl methyl sites for hydroxylation is 1. The minimum atomic E-state index is -0.874. The SMILES string of the molecule is CC(C)(S)[C@H](NC(=O)CCCc1ccccc1)C(=O)NC(CO)CO. The second-order valence-corrected chi connectivity index (χ2v) is 7.72. The maximum absolute atomic E-state index is 12.4. The van der Waals surface area contributed by atoms with E-state index in [1.807, 2.05) is 30.3 Å². The van der Waals surface area contributed by atoms with Gasteiger partial charge in [-0.1, -0.05) is 30.3 Å². The van der Waals surface area contributed by atoms with Crippen LogP contribution in [0, 0.1) is 0 Å². The molecule has 0 saturated heterocycles. The maximum atomic E-state index is 12.4.